The zero-order valence-corrected chi connectivity index (χ0v) is 6.64. The van der Waals surface area contributed by atoms with Gasteiger partial charge in [-0.25, -0.2) is 0 Å². The monoisotopic (exact) mass is 188 g/mol. The highest BCUT2D eigenvalue weighted by atomic mass is 16.4. The minimum absolute atomic E-state index is 0.252. The van der Waals surface area contributed by atoms with Crippen molar-refractivity contribution in [3.05, 3.63) is 0 Å². The van der Waals surface area contributed by atoms with E-state index in [1.165, 1.54) is 0 Å². The molecule has 1 aliphatic rings. The number of carbonyl (C=O) groups is 3. The Morgan fingerprint density at radius 2 is 1.69 bits per heavy atom. The topological polar surface area (TPSA) is 104 Å². The van der Waals surface area contributed by atoms with Crippen molar-refractivity contribution in [2.24, 2.45) is 11.8 Å². The maximum atomic E-state index is 11.3. The molecule has 0 radical (unpaired) electrons. The van der Waals surface area contributed by atoms with Crippen molar-refractivity contribution in [2.45, 2.75) is 0 Å². The summed E-state index contributed by atoms with van der Waals surface area (Å²) in [5, 5.41) is 18.0. The van der Waals surface area contributed by atoms with Gasteiger partial charge in [0, 0.05) is 13.1 Å². The van der Waals surface area contributed by atoms with E-state index < -0.39 is 29.6 Å². The van der Waals surface area contributed by atoms with E-state index in [9.17, 15) is 14.4 Å². The van der Waals surface area contributed by atoms with Gasteiger partial charge in [0.15, 0.2) is 5.78 Å². The molecule has 6 heteroatoms. The molecule has 1 saturated heterocycles. The van der Waals surface area contributed by atoms with Crippen molar-refractivity contribution in [1.29, 1.82) is 0 Å². The molecule has 0 bridgehead atoms. The van der Waals surface area contributed by atoms with Crippen LogP contribution in [-0.2, 0) is 14.4 Å². The van der Waals surface area contributed by atoms with E-state index >= 15 is 0 Å². The summed E-state index contributed by atoms with van der Waals surface area (Å²) in [6.45, 7) is -0.504. The summed E-state index contributed by atoms with van der Waals surface area (Å²) in [4.78, 5) is 32.4. The van der Waals surface area contributed by atoms with Crippen LogP contribution in [0.5, 0.6) is 0 Å². The molecule has 0 aromatic heterocycles. The average molecular weight is 188 g/mol. The quantitative estimate of drug-likeness (QED) is 0.458. The minimum atomic E-state index is -1.40. The Labute approximate surface area is 75.0 Å². The summed E-state index contributed by atoms with van der Waals surface area (Å²) in [6, 6.07) is 0. The van der Waals surface area contributed by atoms with Gasteiger partial charge in [0.1, 0.15) is 13.2 Å². The Bertz CT molecular complexity index is 266. The minimum Gasteiger partial charge on any atom is -0.481 e. The van der Waals surface area contributed by atoms with Crippen LogP contribution in [-0.4, -0.2) is 41.0 Å². The van der Waals surface area contributed by atoms with E-state index in [4.69, 9.17) is 11.6 Å². The molecule has 72 valence electrons. The second kappa shape index (κ2) is 3.53. The van der Waals surface area contributed by atoms with Gasteiger partial charge < -0.3 is 15.5 Å². The molecule has 0 saturated carbocycles. The maximum absolute atomic E-state index is 11.3. The van der Waals surface area contributed by atoms with Crippen LogP contribution in [0.3, 0.4) is 0 Å². The number of Topliss-reactive ketones (excluding diaryl/α,β-unsaturated/α-hetero) is 1. The molecule has 2 atom stereocenters. The Morgan fingerprint density at radius 3 is 2.00 bits per heavy atom. The predicted octanol–water partition coefficient (Wildman–Crippen LogP) is -1.44. The van der Waals surface area contributed by atoms with Crippen LogP contribution in [0, 0.1) is 11.8 Å². The number of nitrogens with one attached hydrogen (secondary N) is 1. The van der Waals surface area contributed by atoms with E-state index in [0.29, 0.717) is 0 Å². The molecule has 1 rings (SSSR count). The summed E-state index contributed by atoms with van der Waals surface area (Å²) in [6.07, 6.45) is 0. The molecule has 1 heterocycles. The van der Waals surface area contributed by atoms with Crippen molar-refractivity contribution in [1.82, 2.24) is 5.31 Å². The normalized spacial score (nSPS) is 31.1. The number of aliphatic carboxylic acids is 2. The Hall–Kier alpha value is -1.43. The Balaban J connectivity index is 2.86. The largest absolute Gasteiger partial charge is 0.481 e. The Morgan fingerprint density at radius 1 is 1.31 bits per heavy atom. The molecule has 1 fully saturated rings. The van der Waals surface area contributed by atoms with Crippen LogP contribution >= 0.6 is 0 Å². The first-order valence-electron chi connectivity index (χ1n) is 4.11. The van der Waals surface area contributed by atoms with Gasteiger partial charge in [0.25, 0.3) is 0 Å². The zero-order valence-electron chi connectivity index (χ0n) is 7.64. The molecule has 1 aliphatic heterocycles. The molecule has 0 amide bonds. The van der Waals surface area contributed by atoms with Crippen molar-refractivity contribution in [3.63, 3.8) is 0 Å². The van der Waals surface area contributed by atoms with E-state index in [2.05, 4.69) is 0 Å². The van der Waals surface area contributed by atoms with E-state index in [1.54, 1.807) is 0 Å². The third-order valence-electron chi connectivity index (χ3n) is 1.91. The van der Waals surface area contributed by atoms with Crippen molar-refractivity contribution < 1.29 is 26.0 Å². The number of piperidine rings is 1. The van der Waals surface area contributed by atoms with Crippen LogP contribution in [0.2, 0.25) is 1.41 Å². The molecule has 2 unspecified atom stereocenters. The van der Waals surface area contributed by atoms with Gasteiger partial charge in [-0.1, -0.05) is 0 Å². The van der Waals surface area contributed by atoms with Gasteiger partial charge >= 0.3 is 11.9 Å². The fourth-order valence-corrected chi connectivity index (χ4v) is 1.16. The van der Waals surface area contributed by atoms with E-state index in [-0.39, 0.29) is 13.1 Å². The van der Waals surface area contributed by atoms with E-state index in [0.717, 1.165) is 5.31 Å². The van der Waals surface area contributed by atoms with Crippen LogP contribution in [0.25, 0.3) is 0 Å². The number of hydrogen-bond donors (Lipinski definition) is 3. The SMILES string of the molecule is [2H]N1CC(C(=O)O)C(=O)C(C(=O)O)C1. The zero-order chi connectivity index (χ0) is 10.9. The predicted molar refractivity (Wildman–Crippen MR) is 40.1 cm³/mol. The number of hydrogen-bond acceptors (Lipinski definition) is 4. The molecule has 0 aromatic carbocycles. The first kappa shape index (κ1) is 8.18. The lowest BCUT2D eigenvalue weighted by Gasteiger charge is -2.23. The lowest BCUT2D eigenvalue weighted by molar-refractivity contribution is -0.153. The molecule has 0 aromatic rings. The highest BCUT2D eigenvalue weighted by Crippen LogP contribution is 2.12. The summed E-state index contributed by atoms with van der Waals surface area (Å²) < 4.78 is 7.16. The van der Waals surface area contributed by atoms with Crippen LogP contribution < -0.4 is 5.31 Å². The van der Waals surface area contributed by atoms with Crippen molar-refractivity contribution >= 4 is 17.7 Å². The highest BCUT2D eigenvalue weighted by Gasteiger charge is 2.39. The third-order valence-corrected chi connectivity index (χ3v) is 1.91. The molecule has 13 heavy (non-hydrogen) atoms. The van der Waals surface area contributed by atoms with Gasteiger partial charge in [-0.3, -0.25) is 14.4 Å². The molecule has 3 N–H and O–H groups in total. The van der Waals surface area contributed by atoms with Gasteiger partial charge in [0.05, 0.1) is 0 Å². The number of carboxylic acids is 2. The highest BCUT2D eigenvalue weighted by molar-refractivity contribution is 6.08. The second-order valence-corrected chi connectivity index (χ2v) is 2.77. The standard InChI is InChI=1S/C7H9NO5/c9-5-3(6(10)11)1-8-2-4(5)7(12)13/h3-4,8H,1-2H2,(H,10,11)(H,12,13)/i/hD. The number of carbonyl (C=O) groups excluding carboxylic acids is 1. The molecule has 0 spiro atoms. The molecule has 0 aliphatic carbocycles. The lowest BCUT2D eigenvalue weighted by atomic mass is 9.89. The number of rotatable bonds is 2. The van der Waals surface area contributed by atoms with Crippen molar-refractivity contribution in [2.75, 3.05) is 13.1 Å². The molecular weight excluding hydrogens is 178 g/mol. The summed E-state index contributed by atoms with van der Waals surface area (Å²) >= 11 is 0. The fraction of sp³-hybridized carbons (Fsp3) is 0.571. The number of carboxylic acid groups (broad SMARTS) is 2. The van der Waals surface area contributed by atoms with Gasteiger partial charge in [-0.2, -0.15) is 0 Å². The summed E-state index contributed by atoms with van der Waals surface area (Å²) in [7, 11) is 0. The first-order valence-corrected chi connectivity index (χ1v) is 3.66. The van der Waals surface area contributed by atoms with E-state index in [1.807, 2.05) is 0 Å². The van der Waals surface area contributed by atoms with Crippen LogP contribution in [0.4, 0.5) is 0 Å². The lowest BCUT2D eigenvalue weighted by Crippen LogP contribution is -2.49. The number of ketones is 1. The maximum Gasteiger partial charge on any atom is 0.315 e. The fourth-order valence-electron chi connectivity index (χ4n) is 1.16. The first-order chi connectivity index (χ1) is 6.43. The smallest absolute Gasteiger partial charge is 0.315 e. The Kier molecular flexibility index (Phi) is 2.22. The van der Waals surface area contributed by atoms with Gasteiger partial charge in [-0.15, -0.1) is 0 Å². The van der Waals surface area contributed by atoms with Gasteiger partial charge in [0.2, 0.25) is 0 Å². The molecule has 6 nitrogen and oxygen atoms in total. The van der Waals surface area contributed by atoms with Crippen molar-refractivity contribution in [3.8, 4) is 0 Å². The average Bonchev–Trinajstić information content (AvgIpc) is 2.07. The molecular formula is C7H9NO5. The van der Waals surface area contributed by atoms with Gasteiger partial charge in [-0.05, 0) is 0 Å². The van der Waals surface area contributed by atoms with Crippen LogP contribution in [0.1, 0.15) is 0 Å². The van der Waals surface area contributed by atoms with Crippen LogP contribution in [0.15, 0.2) is 0 Å². The summed E-state index contributed by atoms with van der Waals surface area (Å²) in [5.41, 5.74) is 0. The third kappa shape index (κ3) is 1.83. The second-order valence-electron chi connectivity index (χ2n) is 2.77. The summed E-state index contributed by atoms with van der Waals surface area (Å²) in [5.74, 6) is -6.38.